The third-order valence-electron chi connectivity index (χ3n) is 2.41. The van der Waals surface area contributed by atoms with Crippen molar-refractivity contribution in [2.75, 3.05) is 5.73 Å². The third-order valence-corrected chi connectivity index (χ3v) is 2.41. The lowest BCUT2D eigenvalue weighted by atomic mass is 10.1. The van der Waals surface area contributed by atoms with Gasteiger partial charge in [0.15, 0.2) is 0 Å². The van der Waals surface area contributed by atoms with Crippen molar-refractivity contribution in [1.29, 1.82) is 0 Å². The number of hydrogen-bond donors (Lipinski definition) is 1. The summed E-state index contributed by atoms with van der Waals surface area (Å²) in [7, 11) is 0. The van der Waals surface area contributed by atoms with Crippen LogP contribution in [0.5, 0.6) is 5.75 Å². The standard InChI is InChI=1S/C14H17N3O/c1-9(2)18-12-5-11(7-16-8-12)14-13(15)4-10(3)6-17-14/h4-9H,15H2,1-3H3. The van der Waals surface area contributed by atoms with Crippen LogP contribution < -0.4 is 10.5 Å². The van der Waals surface area contributed by atoms with Crippen molar-refractivity contribution in [2.24, 2.45) is 0 Å². The molecule has 0 bridgehead atoms. The van der Waals surface area contributed by atoms with Gasteiger partial charge >= 0.3 is 0 Å². The number of nitrogen functional groups attached to an aromatic ring is 1. The first-order chi connectivity index (χ1) is 8.56. The molecular formula is C14H17N3O. The number of hydrogen-bond acceptors (Lipinski definition) is 4. The summed E-state index contributed by atoms with van der Waals surface area (Å²) < 4.78 is 5.61. The van der Waals surface area contributed by atoms with Crippen LogP contribution in [0.15, 0.2) is 30.7 Å². The lowest BCUT2D eigenvalue weighted by Gasteiger charge is -2.11. The monoisotopic (exact) mass is 243 g/mol. The van der Waals surface area contributed by atoms with Gasteiger partial charge in [-0.1, -0.05) is 0 Å². The fraction of sp³-hybridized carbons (Fsp3) is 0.286. The number of anilines is 1. The average molecular weight is 243 g/mol. The molecule has 0 saturated carbocycles. The van der Waals surface area contributed by atoms with Gasteiger partial charge in [0.1, 0.15) is 5.75 Å². The Morgan fingerprint density at radius 2 is 1.94 bits per heavy atom. The molecule has 0 unspecified atom stereocenters. The van der Waals surface area contributed by atoms with Gasteiger partial charge in [0.2, 0.25) is 0 Å². The minimum absolute atomic E-state index is 0.116. The van der Waals surface area contributed by atoms with E-state index in [0.717, 1.165) is 22.6 Å². The number of rotatable bonds is 3. The van der Waals surface area contributed by atoms with Gasteiger partial charge in [-0.05, 0) is 38.5 Å². The topological polar surface area (TPSA) is 61.0 Å². The predicted octanol–water partition coefficient (Wildman–Crippen LogP) is 2.82. The number of ether oxygens (including phenoxy) is 1. The maximum Gasteiger partial charge on any atom is 0.138 e. The highest BCUT2D eigenvalue weighted by molar-refractivity contribution is 5.72. The van der Waals surface area contributed by atoms with Gasteiger partial charge in [0.05, 0.1) is 23.7 Å². The van der Waals surface area contributed by atoms with Crippen molar-refractivity contribution in [3.63, 3.8) is 0 Å². The molecule has 0 aliphatic carbocycles. The lowest BCUT2D eigenvalue weighted by molar-refractivity contribution is 0.241. The van der Waals surface area contributed by atoms with E-state index in [9.17, 15) is 0 Å². The molecule has 18 heavy (non-hydrogen) atoms. The first kappa shape index (κ1) is 12.4. The number of nitrogens with two attached hydrogens (primary N) is 1. The molecule has 0 aromatic carbocycles. The average Bonchev–Trinajstić information content (AvgIpc) is 2.28. The second kappa shape index (κ2) is 5.04. The summed E-state index contributed by atoms with van der Waals surface area (Å²) in [6.45, 7) is 5.92. The molecular weight excluding hydrogens is 226 g/mol. The minimum atomic E-state index is 0.116. The summed E-state index contributed by atoms with van der Waals surface area (Å²) in [4.78, 5) is 8.50. The number of aromatic nitrogens is 2. The molecule has 0 atom stereocenters. The van der Waals surface area contributed by atoms with Crippen LogP contribution >= 0.6 is 0 Å². The Balaban J connectivity index is 2.38. The maximum atomic E-state index is 5.97. The Morgan fingerprint density at radius 1 is 1.17 bits per heavy atom. The maximum absolute atomic E-state index is 5.97. The van der Waals surface area contributed by atoms with Gasteiger partial charge in [-0.25, -0.2) is 0 Å². The fourth-order valence-corrected chi connectivity index (χ4v) is 1.72. The Hall–Kier alpha value is -2.10. The first-order valence-electron chi connectivity index (χ1n) is 5.90. The van der Waals surface area contributed by atoms with Crippen LogP contribution in [0.4, 0.5) is 5.69 Å². The first-order valence-corrected chi connectivity index (χ1v) is 5.90. The third kappa shape index (κ3) is 2.77. The molecule has 4 heteroatoms. The van der Waals surface area contributed by atoms with Gasteiger partial charge in [-0.2, -0.15) is 0 Å². The van der Waals surface area contributed by atoms with Crippen molar-refractivity contribution in [3.05, 3.63) is 36.3 Å². The van der Waals surface area contributed by atoms with Crippen molar-refractivity contribution < 1.29 is 4.74 Å². The van der Waals surface area contributed by atoms with E-state index < -0.39 is 0 Å². The molecule has 2 rings (SSSR count). The molecule has 2 aromatic heterocycles. The molecule has 2 heterocycles. The molecule has 0 aliphatic rings. The van der Waals surface area contributed by atoms with Gasteiger partial charge in [-0.15, -0.1) is 0 Å². The van der Waals surface area contributed by atoms with Crippen molar-refractivity contribution in [3.8, 4) is 17.0 Å². The van der Waals surface area contributed by atoms with E-state index in [4.69, 9.17) is 10.5 Å². The molecule has 94 valence electrons. The van der Waals surface area contributed by atoms with Crippen LogP contribution in [0.25, 0.3) is 11.3 Å². The predicted molar refractivity (Wildman–Crippen MR) is 72.4 cm³/mol. The second-order valence-electron chi connectivity index (χ2n) is 4.53. The number of nitrogens with zero attached hydrogens (tertiary/aromatic N) is 2. The van der Waals surface area contributed by atoms with Crippen LogP contribution in [0.3, 0.4) is 0 Å². The number of aryl methyl sites for hydroxylation is 1. The van der Waals surface area contributed by atoms with Crippen LogP contribution in [-0.2, 0) is 0 Å². The van der Waals surface area contributed by atoms with Crippen molar-refractivity contribution >= 4 is 5.69 Å². The van der Waals surface area contributed by atoms with E-state index in [0.29, 0.717) is 5.69 Å². The fourth-order valence-electron chi connectivity index (χ4n) is 1.72. The zero-order valence-electron chi connectivity index (χ0n) is 10.8. The molecule has 0 spiro atoms. The SMILES string of the molecule is Cc1cnc(-c2cncc(OC(C)C)c2)c(N)c1. The zero-order chi connectivity index (χ0) is 13.1. The summed E-state index contributed by atoms with van der Waals surface area (Å²) in [5.74, 6) is 0.726. The zero-order valence-corrected chi connectivity index (χ0v) is 10.8. The van der Waals surface area contributed by atoms with E-state index >= 15 is 0 Å². The van der Waals surface area contributed by atoms with E-state index in [-0.39, 0.29) is 6.10 Å². The van der Waals surface area contributed by atoms with Crippen molar-refractivity contribution in [1.82, 2.24) is 9.97 Å². The number of pyridine rings is 2. The van der Waals surface area contributed by atoms with Crippen LogP contribution in [0.2, 0.25) is 0 Å². The second-order valence-corrected chi connectivity index (χ2v) is 4.53. The lowest BCUT2D eigenvalue weighted by Crippen LogP contribution is -2.06. The highest BCUT2D eigenvalue weighted by Gasteiger charge is 2.07. The summed E-state index contributed by atoms with van der Waals surface area (Å²) >= 11 is 0. The molecule has 0 amide bonds. The molecule has 0 aliphatic heterocycles. The molecule has 0 fully saturated rings. The van der Waals surface area contributed by atoms with E-state index in [1.54, 1.807) is 18.6 Å². The van der Waals surface area contributed by atoms with Crippen LogP contribution in [0.1, 0.15) is 19.4 Å². The van der Waals surface area contributed by atoms with E-state index in [1.165, 1.54) is 0 Å². The summed E-state index contributed by atoms with van der Waals surface area (Å²) in [6.07, 6.45) is 5.34. The van der Waals surface area contributed by atoms with Gasteiger partial charge in [0, 0.05) is 18.0 Å². The Labute approximate surface area is 107 Å². The molecule has 0 radical (unpaired) electrons. The smallest absolute Gasteiger partial charge is 0.138 e. The summed E-state index contributed by atoms with van der Waals surface area (Å²) in [5, 5.41) is 0. The highest BCUT2D eigenvalue weighted by Crippen LogP contribution is 2.26. The molecule has 0 saturated heterocycles. The largest absolute Gasteiger partial charge is 0.489 e. The van der Waals surface area contributed by atoms with Crippen LogP contribution in [0, 0.1) is 6.92 Å². The normalized spacial score (nSPS) is 10.7. The molecule has 2 N–H and O–H groups in total. The van der Waals surface area contributed by atoms with Crippen molar-refractivity contribution in [2.45, 2.75) is 26.9 Å². The minimum Gasteiger partial charge on any atom is -0.489 e. The summed E-state index contributed by atoms with van der Waals surface area (Å²) in [6, 6.07) is 3.80. The Morgan fingerprint density at radius 3 is 2.61 bits per heavy atom. The highest BCUT2D eigenvalue weighted by atomic mass is 16.5. The van der Waals surface area contributed by atoms with Crippen LogP contribution in [-0.4, -0.2) is 16.1 Å². The molecule has 4 nitrogen and oxygen atoms in total. The summed E-state index contributed by atoms with van der Waals surface area (Å²) in [5.41, 5.74) is 9.27. The van der Waals surface area contributed by atoms with Gasteiger partial charge in [0.25, 0.3) is 0 Å². The van der Waals surface area contributed by atoms with Gasteiger partial charge in [-0.3, -0.25) is 9.97 Å². The Kier molecular flexibility index (Phi) is 3.46. The Bertz CT molecular complexity index is 552. The van der Waals surface area contributed by atoms with Gasteiger partial charge < -0.3 is 10.5 Å². The quantitative estimate of drug-likeness (QED) is 0.900. The molecule has 2 aromatic rings. The van der Waals surface area contributed by atoms with E-state index in [1.807, 2.05) is 32.9 Å². The van der Waals surface area contributed by atoms with E-state index in [2.05, 4.69) is 9.97 Å².